The van der Waals surface area contributed by atoms with Crippen LogP contribution >= 0.6 is 0 Å². The van der Waals surface area contributed by atoms with Crippen molar-refractivity contribution in [3.05, 3.63) is 0 Å². The minimum atomic E-state index is -0.745. The fourth-order valence-corrected chi connectivity index (χ4v) is 3.26. The highest BCUT2D eigenvalue weighted by atomic mass is 16.6. The summed E-state index contributed by atoms with van der Waals surface area (Å²) in [5.41, 5.74) is 5.02. The number of aliphatic hydroxyl groups is 4. The first-order valence-corrected chi connectivity index (χ1v) is 12.9. The molecule has 0 aliphatic carbocycles. The Kier molecular flexibility index (Phi) is 20.2. The molecule has 40 heavy (non-hydrogen) atoms. The normalized spacial score (nSPS) is 32.3. The van der Waals surface area contributed by atoms with Crippen molar-refractivity contribution in [2.45, 2.75) is 101 Å². The van der Waals surface area contributed by atoms with Gasteiger partial charge in [-0.05, 0) is 19.3 Å². The lowest BCUT2D eigenvalue weighted by Gasteiger charge is -2.13. The third-order valence-corrected chi connectivity index (χ3v) is 5.51. The fourth-order valence-electron chi connectivity index (χ4n) is 3.26. The predicted molar refractivity (Wildman–Crippen MR) is 141 cm³/mol. The highest BCUT2D eigenvalue weighted by molar-refractivity contribution is 6.11. The molecule has 0 bridgehead atoms. The van der Waals surface area contributed by atoms with Gasteiger partial charge in [0, 0.05) is 30.9 Å². The average molecular weight is 571 g/mol. The quantitative estimate of drug-likeness (QED) is 0.125. The molecule has 3 heterocycles. The smallest absolute Gasteiger partial charge is 0.319 e. The Balaban J connectivity index is 0.000000533. The summed E-state index contributed by atoms with van der Waals surface area (Å²) in [6, 6.07) is -1.32. The molecule has 3 saturated heterocycles. The van der Waals surface area contributed by atoms with E-state index in [2.05, 4.69) is 4.74 Å². The van der Waals surface area contributed by atoms with Crippen molar-refractivity contribution in [3.63, 3.8) is 0 Å². The summed E-state index contributed by atoms with van der Waals surface area (Å²) in [5.74, 6) is -1.56. The molecule has 6 radical (unpaired) electrons. The second-order valence-electron chi connectivity index (χ2n) is 8.90. The highest BCUT2D eigenvalue weighted by Gasteiger charge is 2.33. The maximum atomic E-state index is 10.8. The maximum Gasteiger partial charge on any atom is 0.319 e. The number of carboxylic acids is 1. The lowest BCUT2D eigenvalue weighted by molar-refractivity contribution is -0.148. The van der Waals surface area contributed by atoms with Crippen molar-refractivity contribution in [2.75, 3.05) is 26.4 Å². The van der Waals surface area contributed by atoms with E-state index in [0.717, 1.165) is 0 Å². The number of carbonyl (C=O) groups is 3. The molecule has 3 aliphatic heterocycles. The van der Waals surface area contributed by atoms with Gasteiger partial charge < -0.3 is 55.0 Å². The largest absolute Gasteiger partial charge is 0.481 e. The van der Waals surface area contributed by atoms with Crippen molar-refractivity contribution in [1.82, 2.24) is 0 Å². The highest BCUT2D eigenvalue weighted by Crippen LogP contribution is 2.19. The number of nitrogens with two attached hydrogens (primary N) is 1. The van der Waals surface area contributed by atoms with E-state index >= 15 is 0 Å². The molecule has 17 heteroatoms. The van der Waals surface area contributed by atoms with Gasteiger partial charge >= 0.3 is 17.9 Å². The first-order valence-electron chi connectivity index (χ1n) is 12.9. The van der Waals surface area contributed by atoms with E-state index in [0.29, 0.717) is 25.7 Å². The molecule has 0 aromatic rings. The number of esters is 2. The van der Waals surface area contributed by atoms with Crippen LogP contribution in [-0.2, 0) is 38.1 Å². The molecular formula is C23H40B3NO13. The third kappa shape index (κ3) is 16.5. The summed E-state index contributed by atoms with van der Waals surface area (Å²) in [6.07, 6.45) is -1.61. The first-order chi connectivity index (χ1) is 18.8. The molecular weight excluding hydrogens is 531 g/mol. The zero-order valence-electron chi connectivity index (χ0n) is 22.9. The van der Waals surface area contributed by atoms with Gasteiger partial charge in [0.1, 0.15) is 55.1 Å². The summed E-state index contributed by atoms with van der Waals surface area (Å²) >= 11 is 0. The molecule has 0 aromatic carbocycles. The van der Waals surface area contributed by atoms with Gasteiger partial charge in [-0.15, -0.1) is 0 Å². The van der Waals surface area contributed by atoms with Crippen molar-refractivity contribution in [2.24, 2.45) is 5.73 Å². The average Bonchev–Trinajstić information content (AvgIpc) is 3.54. The van der Waals surface area contributed by atoms with Crippen LogP contribution in [0.2, 0.25) is 0 Å². The first kappa shape index (κ1) is 38.3. The van der Waals surface area contributed by atoms with Crippen LogP contribution in [0.3, 0.4) is 0 Å². The van der Waals surface area contributed by atoms with Crippen LogP contribution < -0.4 is 5.73 Å². The van der Waals surface area contributed by atoms with Gasteiger partial charge in [-0.2, -0.15) is 0 Å². The number of carboxylic acid groups (broad SMARTS) is 1. The summed E-state index contributed by atoms with van der Waals surface area (Å²) < 4.78 is 24.6. The molecule has 3 aliphatic rings. The van der Waals surface area contributed by atoms with Gasteiger partial charge in [-0.25, -0.2) is 0 Å². The van der Waals surface area contributed by atoms with Crippen LogP contribution in [0.4, 0.5) is 0 Å². The number of ether oxygens (including phenoxy) is 5. The van der Waals surface area contributed by atoms with Crippen molar-refractivity contribution in [3.8, 4) is 0 Å². The predicted octanol–water partition coefficient (Wildman–Crippen LogP) is -3.18. The van der Waals surface area contributed by atoms with E-state index in [-0.39, 0.29) is 38.8 Å². The summed E-state index contributed by atoms with van der Waals surface area (Å²) in [6.45, 7) is 3.07. The standard InChI is InChI=1S/C8H13BO4.C7H12BNO4.C5H9BO3.C3H6O2/c1-2-8(11)12-4-6-5(10)3-7(9)13-6;8-6-1-4(10)5(13-6)3-12-7(11)2-9;6-5-1-3(8)4(2-7)9-5;1-2-3(4)5/h5-7,10H,2-4H2,1H3;4-6,10H,1-3,9H2;3-5,7-8H,1-2H2;2H2,1H3,(H,4,5)/t5?,6-,7-;4?,5-,6-;3?,4-,5-;/m000./s1. The Morgan fingerprint density at radius 3 is 1.32 bits per heavy atom. The number of carbonyl (C=O) groups excluding carboxylic acids is 2. The van der Waals surface area contributed by atoms with Crippen LogP contribution in [0.1, 0.15) is 46.0 Å². The summed E-state index contributed by atoms with van der Waals surface area (Å²) in [4.78, 5) is 30.8. The molecule has 3 rings (SSSR count). The van der Waals surface area contributed by atoms with E-state index in [9.17, 15) is 24.6 Å². The van der Waals surface area contributed by atoms with Crippen LogP contribution in [0.5, 0.6) is 0 Å². The number of hydrogen-bond acceptors (Lipinski definition) is 13. The Hall–Kier alpha value is -1.72. The molecule has 9 atom stereocenters. The Morgan fingerprint density at radius 1 is 0.750 bits per heavy atom. The van der Waals surface area contributed by atoms with E-state index in [1.165, 1.54) is 0 Å². The summed E-state index contributed by atoms with van der Waals surface area (Å²) in [5, 5.41) is 43.9. The lowest BCUT2D eigenvalue weighted by atomic mass is 9.96. The third-order valence-electron chi connectivity index (χ3n) is 5.51. The number of rotatable bonds is 8. The van der Waals surface area contributed by atoms with E-state index in [4.69, 9.17) is 63.5 Å². The van der Waals surface area contributed by atoms with Gasteiger partial charge in [0.05, 0.1) is 31.5 Å². The second kappa shape index (κ2) is 21.1. The van der Waals surface area contributed by atoms with Crippen LogP contribution in [0.15, 0.2) is 0 Å². The van der Waals surface area contributed by atoms with Crippen LogP contribution in [-0.4, -0.2) is 148 Å². The molecule has 3 fully saturated rings. The van der Waals surface area contributed by atoms with E-state index in [1.54, 1.807) is 13.8 Å². The van der Waals surface area contributed by atoms with Crippen molar-refractivity contribution in [1.29, 1.82) is 0 Å². The Morgan fingerprint density at radius 2 is 1.10 bits per heavy atom. The van der Waals surface area contributed by atoms with E-state index < -0.39 is 66.6 Å². The van der Waals surface area contributed by atoms with Gasteiger partial charge in [-0.3, -0.25) is 14.4 Å². The monoisotopic (exact) mass is 571 g/mol. The number of aliphatic carboxylic acids is 1. The Bertz CT molecular complexity index is 698. The molecule has 7 N–H and O–H groups in total. The van der Waals surface area contributed by atoms with Gasteiger partial charge in [0.2, 0.25) is 0 Å². The SMILES string of the molecule is CCC(=O)O.[B][C@@H]1CC(O)[C@H](CO)O1.[B][C@@H]1CC(O)[C@H](COC(=O)CC)O1.[B][C@@H]1CC(O)[C@H](COC(=O)CN)O1. The molecule has 0 aromatic heterocycles. The zero-order chi connectivity index (χ0) is 30.8. The molecule has 0 saturated carbocycles. The topological polar surface area (TPSA) is 225 Å². The van der Waals surface area contributed by atoms with Gasteiger partial charge in [-0.1, -0.05) is 13.8 Å². The number of hydrogen-bond donors (Lipinski definition) is 6. The van der Waals surface area contributed by atoms with Crippen molar-refractivity contribution < 1.29 is 63.6 Å². The molecule has 3 unspecified atom stereocenters. The second-order valence-corrected chi connectivity index (χ2v) is 8.90. The summed E-state index contributed by atoms with van der Waals surface area (Å²) in [7, 11) is 16.1. The minimum absolute atomic E-state index is 0.00486. The van der Waals surface area contributed by atoms with Gasteiger partial charge in [0.25, 0.3) is 0 Å². The van der Waals surface area contributed by atoms with Crippen molar-refractivity contribution >= 4 is 41.4 Å². The van der Waals surface area contributed by atoms with Crippen LogP contribution in [0, 0.1) is 0 Å². The maximum absolute atomic E-state index is 10.8. The Labute approximate surface area is 238 Å². The van der Waals surface area contributed by atoms with E-state index in [1.807, 2.05) is 0 Å². The van der Waals surface area contributed by atoms with Crippen LogP contribution in [0.25, 0.3) is 0 Å². The van der Waals surface area contributed by atoms with Gasteiger partial charge in [0.15, 0.2) is 0 Å². The number of aliphatic hydroxyl groups excluding tert-OH is 4. The molecule has 0 spiro atoms. The molecule has 224 valence electrons. The molecule has 14 nitrogen and oxygen atoms in total. The fraction of sp³-hybridized carbons (Fsp3) is 0.870. The zero-order valence-corrected chi connectivity index (χ0v) is 22.9. The lowest BCUT2D eigenvalue weighted by Crippen LogP contribution is -2.29. The molecule has 0 amide bonds. The minimum Gasteiger partial charge on any atom is -0.481 e.